The summed E-state index contributed by atoms with van der Waals surface area (Å²) in [6.45, 7) is 3.17. The Bertz CT molecular complexity index is 813. The maximum atomic E-state index is 5.30. The second-order valence-electron chi connectivity index (χ2n) is 5.03. The van der Waals surface area contributed by atoms with Crippen LogP contribution in [0.1, 0.15) is 19.2 Å². The first-order valence-electron chi connectivity index (χ1n) is 7.50. The maximum Gasteiger partial charge on any atom is 0.205 e. The van der Waals surface area contributed by atoms with Gasteiger partial charge in [-0.2, -0.15) is 4.80 Å². The molecule has 3 aromatic rings. The highest BCUT2D eigenvalue weighted by Gasteiger charge is 2.13. The Morgan fingerprint density at radius 2 is 1.88 bits per heavy atom. The van der Waals surface area contributed by atoms with Gasteiger partial charge in [-0.25, -0.2) is 4.68 Å². The van der Waals surface area contributed by atoms with E-state index in [1.807, 2.05) is 6.07 Å². The Morgan fingerprint density at radius 1 is 1.04 bits per heavy atom. The van der Waals surface area contributed by atoms with Crippen molar-refractivity contribution >= 4 is 0 Å². The number of benzene rings is 1. The lowest BCUT2D eigenvalue weighted by atomic mass is 10.2. The summed E-state index contributed by atoms with van der Waals surface area (Å²) >= 11 is 0. The van der Waals surface area contributed by atoms with E-state index in [1.165, 1.54) is 4.80 Å². The molecular formula is C14H18N8O2. The zero-order valence-electron chi connectivity index (χ0n) is 13.7. The molecule has 1 aromatic carbocycles. The van der Waals surface area contributed by atoms with Gasteiger partial charge in [0.1, 0.15) is 6.54 Å². The monoisotopic (exact) mass is 330 g/mol. The Balaban J connectivity index is 1.81. The number of aromatic nitrogens is 8. The summed E-state index contributed by atoms with van der Waals surface area (Å²) in [5, 5.41) is 24.1. The zero-order valence-corrected chi connectivity index (χ0v) is 13.7. The first-order valence-corrected chi connectivity index (χ1v) is 7.50. The maximum absolute atomic E-state index is 5.30. The molecule has 2 aromatic heterocycles. The predicted octanol–water partition coefficient (Wildman–Crippen LogP) is 0.802. The highest BCUT2D eigenvalue weighted by atomic mass is 16.5. The number of methoxy groups -OCH3 is 2. The number of hydrogen-bond acceptors (Lipinski definition) is 8. The number of rotatable bonds is 7. The van der Waals surface area contributed by atoms with Crippen LogP contribution in [-0.4, -0.2) is 54.6 Å². The van der Waals surface area contributed by atoms with E-state index >= 15 is 0 Å². The van der Waals surface area contributed by atoms with E-state index in [4.69, 9.17) is 9.47 Å². The number of tetrazole rings is 2. The second kappa shape index (κ2) is 7.02. The fourth-order valence-corrected chi connectivity index (χ4v) is 2.25. The van der Waals surface area contributed by atoms with Crippen molar-refractivity contribution in [2.45, 2.75) is 26.4 Å². The van der Waals surface area contributed by atoms with Gasteiger partial charge in [-0.1, -0.05) is 6.92 Å². The van der Waals surface area contributed by atoms with Crippen molar-refractivity contribution in [3.05, 3.63) is 24.0 Å². The quantitative estimate of drug-likeness (QED) is 0.626. The van der Waals surface area contributed by atoms with Crippen LogP contribution in [0, 0.1) is 0 Å². The molecule has 0 amide bonds. The van der Waals surface area contributed by atoms with Crippen LogP contribution >= 0.6 is 0 Å². The predicted molar refractivity (Wildman–Crippen MR) is 83.6 cm³/mol. The zero-order chi connectivity index (χ0) is 16.9. The molecule has 10 nitrogen and oxygen atoms in total. The summed E-state index contributed by atoms with van der Waals surface area (Å²) in [4.78, 5) is 1.46. The number of nitrogens with zero attached hydrogens (tertiary/aromatic N) is 8. The highest BCUT2D eigenvalue weighted by Crippen LogP contribution is 2.30. The van der Waals surface area contributed by atoms with Crippen LogP contribution in [0.25, 0.3) is 11.4 Å². The Labute approximate surface area is 138 Å². The van der Waals surface area contributed by atoms with Crippen molar-refractivity contribution < 1.29 is 9.47 Å². The highest BCUT2D eigenvalue weighted by molar-refractivity contribution is 5.60. The van der Waals surface area contributed by atoms with Gasteiger partial charge in [0.2, 0.25) is 5.82 Å². The first kappa shape index (κ1) is 15.8. The minimum atomic E-state index is 0.354. The molecule has 0 saturated heterocycles. The molecule has 2 heterocycles. The second-order valence-corrected chi connectivity index (χ2v) is 5.03. The van der Waals surface area contributed by atoms with E-state index in [0.29, 0.717) is 29.7 Å². The Kier molecular flexibility index (Phi) is 4.64. The van der Waals surface area contributed by atoms with Crippen molar-refractivity contribution in [2.75, 3.05) is 14.2 Å². The molecule has 0 atom stereocenters. The minimum absolute atomic E-state index is 0.354. The fourth-order valence-electron chi connectivity index (χ4n) is 2.25. The number of ether oxygens (including phenoxy) is 2. The molecule has 0 aliphatic heterocycles. The first-order chi connectivity index (χ1) is 11.7. The molecule has 0 unspecified atom stereocenters. The van der Waals surface area contributed by atoms with Gasteiger partial charge in [0, 0.05) is 12.1 Å². The Hall–Kier alpha value is -3.04. The van der Waals surface area contributed by atoms with E-state index in [2.05, 4.69) is 37.9 Å². The lowest BCUT2D eigenvalue weighted by Gasteiger charge is -2.07. The summed E-state index contributed by atoms with van der Waals surface area (Å²) in [5.41, 5.74) is 0.784. The fraction of sp³-hybridized carbons (Fsp3) is 0.429. The largest absolute Gasteiger partial charge is 0.493 e. The summed E-state index contributed by atoms with van der Waals surface area (Å²) in [7, 11) is 3.17. The van der Waals surface area contributed by atoms with Gasteiger partial charge >= 0.3 is 0 Å². The third kappa shape index (κ3) is 3.16. The Morgan fingerprint density at radius 3 is 2.62 bits per heavy atom. The molecule has 126 valence electrons. The van der Waals surface area contributed by atoms with Crippen molar-refractivity contribution in [2.24, 2.45) is 0 Å². The van der Waals surface area contributed by atoms with Crippen molar-refractivity contribution in [3.63, 3.8) is 0 Å². The molecule has 10 heteroatoms. The molecule has 0 aliphatic carbocycles. The molecule has 24 heavy (non-hydrogen) atoms. The van der Waals surface area contributed by atoms with Crippen LogP contribution < -0.4 is 9.47 Å². The molecule has 0 spiro atoms. The topological polar surface area (TPSA) is 106 Å². The number of hydrogen-bond donors (Lipinski definition) is 0. The van der Waals surface area contributed by atoms with E-state index in [-0.39, 0.29) is 0 Å². The lowest BCUT2D eigenvalue weighted by molar-refractivity contribution is 0.355. The van der Waals surface area contributed by atoms with E-state index < -0.39 is 0 Å². The normalized spacial score (nSPS) is 10.8. The van der Waals surface area contributed by atoms with Crippen molar-refractivity contribution in [1.82, 2.24) is 40.4 Å². The summed E-state index contributed by atoms with van der Waals surface area (Å²) < 4.78 is 12.3. The van der Waals surface area contributed by atoms with Crippen molar-refractivity contribution in [3.8, 4) is 22.9 Å². The van der Waals surface area contributed by atoms with Crippen molar-refractivity contribution in [1.29, 1.82) is 0 Å². The standard InChI is InChI=1S/C14H18N8O2/c1-4-7-21-13(15-18-20-21)9-22-17-14(16-19-22)10-5-6-11(23-2)12(8-10)24-3/h5-6,8H,4,7,9H2,1-3H3. The third-order valence-corrected chi connectivity index (χ3v) is 3.42. The smallest absolute Gasteiger partial charge is 0.205 e. The van der Waals surface area contributed by atoms with Gasteiger partial charge < -0.3 is 9.47 Å². The summed E-state index contributed by atoms with van der Waals surface area (Å²) in [5.74, 6) is 2.43. The average molecular weight is 330 g/mol. The van der Waals surface area contributed by atoms with Crippen LogP contribution in [-0.2, 0) is 13.1 Å². The molecule has 0 radical (unpaired) electrons. The van der Waals surface area contributed by atoms with E-state index in [9.17, 15) is 0 Å². The molecule has 3 rings (SSSR count). The van der Waals surface area contributed by atoms with E-state index in [1.54, 1.807) is 31.0 Å². The summed E-state index contributed by atoms with van der Waals surface area (Å²) in [6.07, 6.45) is 0.944. The molecular weight excluding hydrogens is 312 g/mol. The molecule has 0 N–H and O–H groups in total. The van der Waals surface area contributed by atoms with Crippen LogP contribution in [0.3, 0.4) is 0 Å². The SMILES string of the molecule is CCCn1nnnc1Cn1nnc(-c2ccc(OC)c(OC)c2)n1. The molecule has 0 aliphatic rings. The lowest BCUT2D eigenvalue weighted by Crippen LogP contribution is -2.12. The van der Waals surface area contributed by atoms with Gasteiger partial charge in [-0.3, -0.25) is 0 Å². The molecule has 0 fully saturated rings. The minimum Gasteiger partial charge on any atom is -0.493 e. The molecule has 0 bridgehead atoms. The van der Waals surface area contributed by atoms with Gasteiger partial charge in [0.25, 0.3) is 0 Å². The third-order valence-electron chi connectivity index (χ3n) is 3.42. The molecule has 0 saturated carbocycles. The number of aryl methyl sites for hydroxylation is 1. The van der Waals surface area contributed by atoms with Crippen LogP contribution in [0.15, 0.2) is 18.2 Å². The van der Waals surface area contributed by atoms with Crippen LogP contribution in [0.5, 0.6) is 11.5 Å². The van der Waals surface area contributed by atoms with Gasteiger partial charge in [0.15, 0.2) is 17.3 Å². The summed E-state index contributed by atoms with van der Waals surface area (Å²) in [6, 6.07) is 5.46. The van der Waals surface area contributed by atoms with E-state index in [0.717, 1.165) is 18.5 Å². The van der Waals surface area contributed by atoms with Gasteiger partial charge in [-0.05, 0) is 40.3 Å². The van der Waals surface area contributed by atoms with Crippen LogP contribution in [0.4, 0.5) is 0 Å². The average Bonchev–Trinajstić information content (AvgIpc) is 3.25. The van der Waals surface area contributed by atoms with Gasteiger partial charge in [-0.15, -0.1) is 15.3 Å². The van der Waals surface area contributed by atoms with Crippen LogP contribution in [0.2, 0.25) is 0 Å². The van der Waals surface area contributed by atoms with Gasteiger partial charge in [0.05, 0.1) is 14.2 Å².